The lowest BCUT2D eigenvalue weighted by Gasteiger charge is -2.34. The first kappa shape index (κ1) is 48.1. The van der Waals surface area contributed by atoms with Crippen LogP contribution in [0.4, 0.5) is 0 Å². The number of aliphatic carboxylic acids is 1. The molecule has 0 radical (unpaired) electrons. The van der Waals surface area contributed by atoms with Gasteiger partial charge in [0.15, 0.2) is 6.10 Å². The van der Waals surface area contributed by atoms with E-state index < -0.39 is 18.1 Å². The lowest BCUT2D eigenvalue weighted by molar-refractivity contribution is -0.889. The second kappa shape index (κ2) is 34.2. The zero-order chi connectivity index (χ0) is 37.1. The van der Waals surface area contributed by atoms with Gasteiger partial charge in [-0.15, -0.1) is 0 Å². The van der Waals surface area contributed by atoms with Gasteiger partial charge in [0.2, 0.25) is 0 Å². The normalized spacial score (nSPS) is 13.1. The molecule has 0 aliphatic heterocycles. The Morgan fingerprint density at radius 1 is 0.580 bits per heavy atom. The van der Waals surface area contributed by atoms with Crippen molar-refractivity contribution in [2.45, 2.75) is 199 Å². The molecule has 0 rings (SSSR count). The van der Waals surface area contributed by atoms with Crippen molar-refractivity contribution in [1.82, 2.24) is 0 Å². The van der Waals surface area contributed by atoms with Crippen LogP contribution in [0.1, 0.15) is 187 Å². The van der Waals surface area contributed by atoms with Gasteiger partial charge >= 0.3 is 11.9 Å². The molecule has 50 heavy (non-hydrogen) atoms. The van der Waals surface area contributed by atoms with E-state index >= 15 is 0 Å². The van der Waals surface area contributed by atoms with Crippen LogP contribution in [0.15, 0.2) is 12.2 Å². The van der Waals surface area contributed by atoms with Gasteiger partial charge in [-0.25, -0.2) is 0 Å². The van der Waals surface area contributed by atoms with E-state index in [1.807, 2.05) is 0 Å². The van der Waals surface area contributed by atoms with Crippen LogP contribution in [-0.4, -0.2) is 75.5 Å². The van der Waals surface area contributed by atoms with Gasteiger partial charge in [-0.3, -0.25) is 9.59 Å². The summed E-state index contributed by atoms with van der Waals surface area (Å²) in [4.78, 5) is 36.7. The van der Waals surface area contributed by atoms with Crippen LogP contribution >= 0.6 is 0 Å². The number of carboxylic acids is 1. The van der Waals surface area contributed by atoms with Crippen molar-refractivity contribution in [1.29, 1.82) is 0 Å². The molecular weight excluding hydrogens is 630 g/mol. The zero-order valence-electron chi connectivity index (χ0n) is 33.3. The molecule has 0 aliphatic rings. The first-order valence-electron chi connectivity index (χ1n) is 20.7. The number of carbonyl (C=O) groups excluding carboxylic acids is 3. The van der Waals surface area contributed by atoms with Crippen molar-refractivity contribution in [2.24, 2.45) is 0 Å². The number of esters is 2. The van der Waals surface area contributed by atoms with Crippen molar-refractivity contribution >= 4 is 17.9 Å². The van der Waals surface area contributed by atoms with Crippen molar-refractivity contribution < 1.29 is 38.2 Å². The van der Waals surface area contributed by atoms with E-state index in [4.69, 9.17) is 14.2 Å². The lowest BCUT2D eigenvalue weighted by atomic mass is 10.0. The molecule has 0 amide bonds. The fourth-order valence-electron chi connectivity index (χ4n) is 6.12. The number of rotatable bonds is 37. The van der Waals surface area contributed by atoms with Crippen molar-refractivity contribution in [2.75, 3.05) is 41.0 Å². The Bertz CT molecular complexity index is 838. The van der Waals surface area contributed by atoms with Gasteiger partial charge in [0, 0.05) is 19.3 Å². The van der Waals surface area contributed by atoms with E-state index in [2.05, 4.69) is 26.0 Å². The van der Waals surface area contributed by atoms with E-state index in [0.29, 0.717) is 12.8 Å². The smallest absolute Gasteiger partial charge is 0.306 e. The summed E-state index contributed by atoms with van der Waals surface area (Å²) in [5.41, 5.74) is 0. The van der Waals surface area contributed by atoms with E-state index in [9.17, 15) is 19.5 Å². The number of carboxylic acid groups (broad SMARTS) is 1. The first-order chi connectivity index (χ1) is 24.1. The fourth-order valence-corrected chi connectivity index (χ4v) is 6.12. The molecule has 0 fully saturated rings. The number of quaternary nitrogens is 1. The molecule has 0 aromatic heterocycles. The molecule has 8 heteroatoms. The molecule has 8 nitrogen and oxygen atoms in total. The van der Waals surface area contributed by atoms with E-state index in [1.54, 1.807) is 21.1 Å². The Kier molecular flexibility index (Phi) is 32.9. The Balaban J connectivity index is 4.38. The predicted octanol–water partition coefficient (Wildman–Crippen LogP) is 9.41. The first-order valence-corrected chi connectivity index (χ1v) is 20.7. The SMILES string of the molecule is CCCCCCCCC/C=C/CCCCCC(=O)OCC(COCCC(C(=O)[O-])[N+](C)(C)C)OC(=O)CCCCCCCCCCCCCC. The van der Waals surface area contributed by atoms with Gasteiger partial charge in [0.25, 0.3) is 0 Å². The quantitative estimate of drug-likeness (QED) is 0.0274. The molecule has 2 atom stereocenters. The van der Waals surface area contributed by atoms with Gasteiger partial charge in [0.05, 0.1) is 40.3 Å². The Morgan fingerprint density at radius 3 is 1.46 bits per heavy atom. The minimum Gasteiger partial charge on any atom is -0.544 e. The van der Waals surface area contributed by atoms with Gasteiger partial charge < -0.3 is 28.6 Å². The molecule has 0 N–H and O–H groups in total. The van der Waals surface area contributed by atoms with Crippen LogP contribution in [0.2, 0.25) is 0 Å². The average Bonchev–Trinajstić information content (AvgIpc) is 3.06. The molecule has 0 heterocycles. The van der Waals surface area contributed by atoms with Crippen LogP contribution in [0.3, 0.4) is 0 Å². The molecule has 0 aromatic carbocycles. The van der Waals surface area contributed by atoms with Gasteiger partial charge in [-0.2, -0.15) is 0 Å². The third-order valence-electron chi connectivity index (χ3n) is 9.40. The highest BCUT2D eigenvalue weighted by Crippen LogP contribution is 2.14. The molecule has 0 aromatic rings. The third kappa shape index (κ3) is 32.0. The number of nitrogens with zero attached hydrogens (tertiary/aromatic N) is 1. The topological polar surface area (TPSA) is 102 Å². The monoisotopic (exact) mass is 710 g/mol. The summed E-state index contributed by atoms with van der Waals surface area (Å²) in [6.45, 7) is 4.64. The summed E-state index contributed by atoms with van der Waals surface area (Å²) in [5, 5.41) is 11.6. The number of hydrogen-bond donors (Lipinski definition) is 0. The molecule has 0 aliphatic carbocycles. The van der Waals surface area contributed by atoms with Gasteiger partial charge in [0.1, 0.15) is 12.6 Å². The van der Waals surface area contributed by atoms with Crippen molar-refractivity contribution in [3.8, 4) is 0 Å². The van der Waals surface area contributed by atoms with Crippen LogP contribution in [0, 0.1) is 0 Å². The van der Waals surface area contributed by atoms with Crippen LogP contribution in [0.25, 0.3) is 0 Å². The minimum atomic E-state index is -1.13. The summed E-state index contributed by atoms with van der Waals surface area (Å²) in [6.07, 6.45) is 33.7. The molecule has 0 bridgehead atoms. The number of unbranched alkanes of at least 4 members (excludes halogenated alkanes) is 21. The number of likely N-dealkylation sites (N-methyl/N-ethyl adjacent to an activating group) is 1. The maximum Gasteiger partial charge on any atom is 0.306 e. The van der Waals surface area contributed by atoms with E-state index in [0.717, 1.165) is 51.4 Å². The number of hydrogen-bond acceptors (Lipinski definition) is 7. The summed E-state index contributed by atoms with van der Waals surface area (Å²) < 4.78 is 17.1. The van der Waals surface area contributed by atoms with Crippen molar-refractivity contribution in [3.05, 3.63) is 12.2 Å². The zero-order valence-corrected chi connectivity index (χ0v) is 33.3. The van der Waals surface area contributed by atoms with Gasteiger partial charge in [-0.1, -0.05) is 142 Å². The summed E-state index contributed by atoms with van der Waals surface area (Å²) in [5.74, 6) is -1.75. The van der Waals surface area contributed by atoms with Crippen LogP contribution in [-0.2, 0) is 28.6 Å². The standard InChI is InChI=1S/C42H79NO7/c1-6-8-10-12-14-16-18-20-21-23-24-26-28-30-32-40(44)49-37-38(36-48-35-34-39(42(46)47)43(3,4)5)50-41(45)33-31-29-27-25-22-19-17-15-13-11-9-7-2/h21,23,38-39H,6-20,22,24-37H2,1-5H3/b23-21+. The molecule has 294 valence electrons. The summed E-state index contributed by atoms with van der Waals surface area (Å²) in [6, 6.07) is -0.722. The minimum absolute atomic E-state index is 0.0412. The maximum atomic E-state index is 12.6. The number of allylic oxidation sites excluding steroid dienone is 2. The molecule has 0 saturated carbocycles. The highest BCUT2D eigenvalue weighted by atomic mass is 16.6. The second-order valence-corrected chi connectivity index (χ2v) is 15.2. The third-order valence-corrected chi connectivity index (χ3v) is 9.40. The predicted molar refractivity (Wildman–Crippen MR) is 204 cm³/mol. The second-order valence-electron chi connectivity index (χ2n) is 15.2. The molecule has 0 spiro atoms. The summed E-state index contributed by atoms with van der Waals surface area (Å²) >= 11 is 0. The highest BCUT2D eigenvalue weighted by molar-refractivity contribution is 5.70. The Morgan fingerprint density at radius 2 is 1.00 bits per heavy atom. The Labute approximate surface area is 308 Å². The molecular formula is C42H79NO7. The lowest BCUT2D eigenvalue weighted by Crippen LogP contribution is -2.55. The van der Waals surface area contributed by atoms with Gasteiger partial charge in [-0.05, 0) is 38.5 Å². The molecule has 0 saturated heterocycles. The average molecular weight is 710 g/mol. The van der Waals surface area contributed by atoms with E-state index in [-0.39, 0.29) is 42.7 Å². The maximum absolute atomic E-state index is 12.6. The van der Waals surface area contributed by atoms with Crippen LogP contribution in [0.5, 0.6) is 0 Å². The number of ether oxygens (including phenoxy) is 3. The number of carbonyl (C=O) groups is 3. The fraction of sp³-hybridized carbons (Fsp3) is 0.881. The highest BCUT2D eigenvalue weighted by Gasteiger charge is 2.25. The largest absolute Gasteiger partial charge is 0.544 e. The van der Waals surface area contributed by atoms with Crippen LogP contribution < -0.4 is 5.11 Å². The van der Waals surface area contributed by atoms with Crippen molar-refractivity contribution in [3.63, 3.8) is 0 Å². The van der Waals surface area contributed by atoms with E-state index in [1.165, 1.54) is 103 Å². The molecule has 2 unspecified atom stereocenters. The summed E-state index contributed by atoms with van der Waals surface area (Å²) in [7, 11) is 5.40. The Hall–Kier alpha value is -1.93.